The van der Waals surface area contributed by atoms with Crippen LogP contribution in [0.15, 0.2) is 48.5 Å². The van der Waals surface area contributed by atoms with Crippen molar-refractivity contribution in [3.8, 4) is 0 Å². The fraction of sp³-hybridized carbons (Fsp3) is 0.333. The van der Waals surface area contributed by atoms with Crippen molar-refractivity contribution < 1.29 is 4.79 Å². The Morgan fingerprint density at radius 1 is 1.04 bits per heavy atom. The van der Waals surface area contributed by atoms with Crippen LogP contribution < -0.4 is 10.2 Å². The molecular formula is C24H27N3O. The summed E-state index contributed by atoms with van der Waals surface area (Å²) < 4.78 is 0. The highest BCUT2D eigenvalue weighted by Gasteiger charge is 2.14. The van der Waals surface area contributed by atoms with Crippen LogP contribution in [0.25, 0.3) is 10.9 Å². The summed E-state index contributed by atoms with van der Waals surface area (Å²) in [5.74, 6) is 1.07. The van der Waals surface area contributed by atoms with Crippen molar-refractivity contribution in [2.24, 2.45) is 0 Å². The monoisotopic (exact) mass is 373 g/mol. The molecule has 0 aliphatic carbocycles. The lowest BCUT2D eigenvalue weighted by Crippen LogP contribution is -2.30. The van der Waals surface area contributed by atoms with Crippen LogP contribution in [0.3, 0.4) is 0 Å². The SMILES string of the molecule is Cc1cccc(CC(=O)Nc2ccc3nc(N4CCCCC4)cc(C)c3c2)c1. The average Bonchev–Trinajstić information content (AvgIpc) is 2.69. The van der Waals surface area contributed by atoms with Gasteiger partial charge in [0, 0.05) is 24.2 Å². The number of anilines is 2. The van der Waals surface area contributed by atoms with Crippen molar-refractivity contribution in [2.75, 3.05) is 23.3 Å². The van der Waals surface area contributed by atoms with E-state index in [0.29, 0.717) is 6.42 Å². The first kappa shape index (κ1) is 18.5. The maximum absolute atomic E-state index is 12.4. The zero-order chi connectivity index (χ0) is 19.5. The maximum atomic E-state index is 12.4. The maximum Gasteiger partial charge on any atom is 0.228 e. The van der Waals surface area contributed by atoms with Gasteiger partial charge in [-0.3, -0.25) is 4.79 Å². The number of aryl methyl sites for hydroxylation is 2. The third kappa shape index (κ3) is 4.16. The number of piperidine rings is 1. The minimum absolute atomic E-state index is 0.000462. The predicted molar refractivity (Wildman–Crippen MR) is 116 cm³/mol. The van der Waals surface area contributed by atoms with Crippen LogP contribution in [0.5, 0.6) is 0 Å². The van der Waals surface area contributed by atoms with E-state index in [9.17, 15) is 4.79 Å². The summed E-state index contributed by atoms with van der Waals surface area (Å²) in [7, 11) is 0. The lowest BCUT2D eigenvalue weighted by molar-refractivity contribution is -0.115. The van der Waals surface area contributed by atoms with Gasteiger partial charge in [0.2, 0.25) is 5.91 Å². The van der Waals surface area contributed by atoms with E-state index in [1.165, 1.54) is 30.4 Å². The third-order valence-electron chi connectivity index (χ3n) is 5.41. The molecule has 1 aromatic heterocycles. The van der Waals surface area contributed by atoms with Gasteiger partial charge in [0.1, 0.15) is 5.82 Å². The van der Waals surface area contributed by atoms with E-state index >= 15 is 0 Å². The van der Waals surface area contributed by atoms with Crippen LogP contribution in [0.4, 0.5) is 11.5 Å². The largest absolute Gasteiger partial charge is 0.357 e. The quantitative estimate of drug-likeness (QED) is 0.698. The second kappa shape index (κ2) is 8.01. The van der Waals surface area contributed by atoms with Gasteiger partial charge in [0.05, 0.1) is 11.9 Å². The topological polar surface area (TPSA) is 45.2 Å². The molecule has 4 rings (SSSR count). The number of carbonyl (C=O) groups excluding carboxylic acids is 1. The van der Waals surface area contributed by atoms with Gasteiger partial charge in [0.15, 0.2) is 0 Å². The Labute approximate surface area is 166 Å². The van der Waals surface area contributed by atoms with Crippen LogP contribution >= 0.6 is 0 Å². The first-order valence-corrected chi connectivity index (χ1v) is 10.1. The number of carbonyl (C=O) groups is 1. The molecule has 1 saturated heterocycles. The fourth-order valence-electron chi connectivity index (χ4n) is 3.95. The predicted octanol–water partition coefficient (Wildman–Crippen LogP) is 5.02. The van der Waals surface area contributed by atoms with E-state index < -0.39 is 0 Å². The molecule has 28 heavy (non-hydrogen) atoms. The molecular weight excluding hydrogens is 346 g/mol. The molecule has 0 saturated carbocycles. The highest BCUT2D eigenvalue weighted by molar-refractivity contribution is 5.95. The lowest BCUT2D eigenvalue weighted by atomic mass is 10.1. The highest BCUT2D eigenvalue weighted by Crippen LogP contribution is 2.27. The summed E-state index contributed by atoms with van der Waals surface area (Å²) in [6.45, 7) is 6.34. The molecule has 2 heterocycles. The van der Waals surface area contributed by atoms with Gasteiger partial charge in [-0.25, -0.2) is 4.98 Å². The molecule has 3 aromatic rings. The van der Waals surface area contributed by atoms with Crippen LogP contribution in [0, 0.1) is 13.8 Å². The molecule has 1 N–H and O–H groups in total. The number of hydrogen-bond donors (Lipinski definition) is 1. The number of rotatable bonds is 4. The number of benzene rings is 2. The molecule has 1 aliphatic heterocycles. The Balaban J connectivity index is 1.52. The first-order chi connectivity index (χ1) is 13.6. The summed E-state index contributed by atoms with van der Waals surface area (Å²) in [5, 5.41) is 4.12. The van der Waals surface area contributed by atoms with Gasteiger partial charge in [-0.1, -0.05) is 29.8 Å². The molecule has 0 atom stereocenters. The van der Waals surface area contributed by atoms with E-state index in [0.717, 1.165) is 41.1 Å². The van der Waals surface area contributed by atoms with E-state index in [4.69, 9.17) is 4.98 Å². The number of hydrogen-bond acceptors (Lipinski definition) is 3. The van der Waals surface area contributed by atoms with Gasteiger partial charge in [0.25, 0.3) is 0 Å². The standard InChI is InChI=1S/C24H27N3O/c1-17-7-6-8-19(13-17)15-24(28)25-20-9-10-22-21(16-20)18(2)14-23(26-22)27-11-4-3-5-12-27/h6-10,13-14,16H,3-5,11-12,15H2,1-2H3,(H,25,28). The smallest absolute Gasteiger partial charge is 0.228 e. The molecule has 4 nitrogen and oxygen atoms in total. The van der Waals surface area contributed by atoms with Gasteiger partial charge in [-0.2, -0.15) is 0 Å². The van der Waals surface area contributed by atoms with E-state index in [1.807, 2.05) is 43.3 Å². The molecule has 0 radical (unpaired) electrons. The Hall–Kier alpha value is -2.88. The summed E-state index contributed by atoms with van der Waals surface area (Å²) in [6.07, 6.45) is 4.18. The second-order valence-corrected chi connectivity index (χ2v) is 7.79. The fourth-order valence-corrected chi connectivity index (χ4v) is 3.95. The first-order valence-electron chi connectivity index (χ1n) is 10.1. The van der Waals surface area contributed by atoms with Crippen molar-refractivity contribution in [3.63, 3.8) is 0 Å². The molecule has 0 bridgehead atoms. The van der Waals surface area contributed by atoms with Crippen LogP contribution in [-0.2, 0) is 11.2 Å². The van der Waals surface area contributed by atoms with Crippen molar-refractivity contribution in [2.45, 2.75) is 39.5 Å². The Morgan fingerprint density at radius 3 is 2.64 bits per heavy atom. The molecule has 2 aromatic carbocycles. The van der Waals surface area contributed by atoms with Crippen LogP contribution in [0.2, 0.25) is 0 Å². The molecule has 1 aliphatic rings. The number of amides is 1. The number of nitrogens with one attached hydrogen (secondary N) is 1. The van der Waals surface area contributed by atoms with Crippen molar-refractivity contribution in [3.05, 3.63) is 65.2 Å². The average molecular weight is 374 g/mol. The van der Waals surface area contributed by atoms with Crippen LogP contribution in [0.1, 0.15) is 36.0 Å². The Morgan fingerprint density at radius 2 is 1.86 bits per heavy atom. The molecule has 0 spiro atoms. The summed E-state index contributed by atoms with van der Waals surface area (Å²) in [5.41, 5.74) is 5.20. The Bertz CT molecular complexity index is 1010. The third-order valence-corrected chi connectivity index (χ3v) is 5.41. The van der Waals surface area contributed by atoms with Gasteiger partial charge in [-0.15, -0.1) is 0 Å². The van der Waals surface area contributed by atoms with Gasteiger partial charge >= 0.3 is 0 Å². The number of fused-ring (bicyclic) bond motifs is 1. The van der Waals surface area contributed by atoms with Crippen molar-refractivity contribution >= 4 is 28.3 Å². The van der Waals surface area contributed by atoms with Gasteiger partial charge < -0.3 is 10.2 Å². The number of nitrogens with zero attached hydrogens (tertiary/aromatic N) is 2. The summed E-state index contributed by atoms with van der Waals surface area (Å²) in [6, 6.07) is 16.2. The minimum Gasteiger partial charge on any atom is -0.357 e. The summed E-state index contributed by atoms with van der Waals surface area (Å²) >= 11 is 0. The second-order valence-electron chi connectivity index (χ2n) is 7.79. The number of pyridine rings is 1. The number of aromatic nitrogens is 1. The van der Waals surface area contributed by atoms with Crippen molar-refractivity contribution in [1.82, 2.24) is 4.98 Å². The zero-order valence-corrected chi connectivity index (χ0v) is 16.7. The lowest BCUT2D eigenvalue weighted by Gasteiger charge is -2.28. The minimum atomic E-state index is 0.000462. The molecule has 0 unspecified atom stereocenters. The normalized spacial score (nSPS) is 14.3. The van der Waals surface area contributed by atoms with Gasteiger partial charge in [-0.05, 0) is 68.5 Å². The molecule has 1 fully saturated rings. The summed E-state index contributed by atoms with van der Waals surface area (Å²) in [4.78, 5) is 19.7. The van der Waals surface area contributed by atoms with E-state index in [-0.39, 0.29) is 5.91 Å². The highest BCUT2D eigenvalue weighted by atomic mass is 16.1. The van der Waals surface area contributed by atoms with Crippen LogP contribution in [-0.4, -0.2) is 24.0 Å². The van der Waals surface area contributed by atoms with Crippen molar-refractivity contribution in [1.29, 1.82) is 0 Å². The molecule has 1 amide bonds. The van der Waals surface area contributed by atoms with E-state index in [2.05, 4.69) is 29.3 Å². The zero-order valence-electron chi connectivity index (χ0n) is 16.7. The molecule has 144 valence electrons. The van der Waals surface area contributed by atoms with E-state index in [1.54, 1.807) is 0 Å². The molecule has 4 heteroatoms. The Kier molecular flexibility index (Phi) is 5.29.